The summed E-state index contributed by atoms with van der Waals surface area (Å²) in [5.74, 6) is -1.08. The number of ether oxygens (including phenoxy) is 1. The zero-order chi connectivity index (χ0) is 17.5. The second-order valence-corrected chi connectivity index (χ2v) is 5.95. The van der Waals surface area contributed by atoms with Crippen LogP contribution in [-0.2, 0) is 20.7 Å². The van der Waals surface area contributed by atoms with Gasteiger partial charge >= 0.3 is 5.97 Å². The lowest BCUT2D eigenvalue weighted by Crippen LogP contribution is -2.21. The summed E-state index contributed by atoms with van der Waals surface area (Å²) in [7, 11) is 0. The van der Waals surface area contributed by atoms with Gasteiger partial charge in [0.15, 0.2) is 6.61 Å². The molecule has 2 aromatic rings. The van der Waals surface area contributed by atoms with E-state index in [-0.39, 0.29) is 22.8 Å². The summed E-state index contributed by atoms with van der Waals surface area (Å²) in [5, 5.41) is 17.0. The van der Waals surface area contributed by atoms with Gasteiger partial charge in [0.25, 0.3) is 11.6 Å². The molecule has 0 aliphatic rings. The van der Waals surface area contributed by atoms with Gasteiger partial charge in [0, 0.05) is 18.2 Å². The molecule has 0 atom stereocenters. The number of nitro benzene ring substituents is 1. The Hall–Kier alpha value is -2.45. The molecule has 9 heteroatoms. The quantitative estimate of drug-likeness (QED) is 0.458. The Morgan fingerprint density at radius 3 is 2.79 bits per heavy atom. The van der Waals surface area contributed by atoms with Gasteiger partial charge in [-0.15, -0.1) is 0 Å². The predicted octanol–water partition coefficient (Wildman–Crippen LogP) is 3.42. The van der Waals surface area contributed by atoms with E-state index >= 15 is 0 Å². The van der Waals surface area contributed by atoms with Crippen LogP contribution in [0.5, 0.6) is 0 Å². The molecule has 0 saturated carbocycles. The average molecular weight is 369 g/mol. The molecule has 0 radical (unpaired) electrons. The van der Waals surface area contributed by atoms with Crippen LogP contribution in [0.1, 0.15) is 12.0 Å². The number of nitro groups is 1. The first-order chi connectivity index (χ1) is 11.5. The highest BCUT2D eigenvalue weighted by Gasteiger charge is 2.14. The number of hydrogen-bond donors (Lipinski definition) is 1. The molecule has 1 heterocycles. The lowest BCUT2D eigenvalue weighted by molar-refractivity contribution is -0.384. The van der Waals surface area contributed by atoms with Crippen molar-refractivity contribution in [1.82, 2.24) is 0 Å². The number of nitrogens with zero attached hydrogens (tertiary/aromatic N) is 1. The van der Waals surface area contributed by atoms with E-state index < -0.39 is 23.4 Å². The topological polar surface area (TPSA) is 98.5 Å². The minimum atomic E-state index is -0.650. The van der Waals surface area contributed by atoms with Crippen molar-refractivity contribution in [3.8, 4) is 0 Å². The molecular weight excluding hydrogens is 356 g/mol. The van der Waals surface area contributed by atoms with Crippen molar-refractivity contribution < 1.29 is 19.2 Å². The average Bonchev–Trinajstić information content (AvgIpc) is 3.06. The number of rotatable bonds is 7. The number of carbonyl (C=O) groups excluding carboxylic acids is 2. The van der Waals surface area contributed by atoms with Crippen molar-refractivity contribution in [2.24, 2.45) is 0 Å². The number of amides is 1. The SMILES string of the molecule is O=C(COC(=O)CCc1ccsc1)Nc1ccc(Cl)c([N+](=O)[O-])c1. The summed E-state index contributed by atoms with van der Waals surface area (Å²) < 4.78 is 4.87. The van der Waals surface area contributed by atoms with Crippen LogP contribution < -0.4 is 5.32 Å². The number of carbonyl (C=O) groups is 2. The van der Waals surface area contributed by atoms with E-state index in [0.717, 1.165) is 11.6 Å². The number of anilines is 1. The van der Waals surface area contributed by atoms with Crippen LogP contribution in [0.4, 0.5) is 11.4 Å². The number of hydrogen-bond acceptors (Lipinski definition) is 6. The summed E-state index contributed by atoms with van der Waals surface area (Å²) in [6.07, 6.45) is 0.726. The second kappa shape index (κ2) is 8.42. The highest BCUT2D eigenvalue weighted by atomic mass is 35.5. The number of aryl methyl sites for hydroxylation is 1. The lowest BCUT2D eigenvalue weighted by atomic mass is 10.2. The predicted molar refractivity (Wildman–Crippen MR) is 90.3 cm³/mol. The van der Waals surface area contributed by atoms with Gasteiger partial charge in [-0.2, -0.15) is 11.3 Å². The molecule has 0 saturated heterocycles. The Balaban J connectivity index is 1.79. The fourth-order valence-corrected chi connectivity index (χ4v) is 2.72. The normalized spacial score (nSPS) is 10.2. The van der Waals surface area contributed by atoms with Crippen LogP contribution in [-0.4, -0.2) is 23.4 Å². The first-order valence-corrected chi connectivity index (χ1v) is 8.18. The standard InChI is InChI=1S/C15H13ClN2O5S/c16-12-3-2-11(7-13(12)18(21)22)17-14(19)8-23-15(20)4-1-10-5-6-24-9-10/h2-3,5-7,9H,1,4,8H2,(H,17,19). The van der Waals surface area contributed by atoms with Gasteiger partial charge < -0.3 is 10.1 Å². The summed E-state index contributed by atoms with van der Waals surface area (Å²) in [6.45, 7) is -0.459. The molecule has 1 N–H and O–H groups in total. The number of esters is 1. The van der Waals surface area contributed by atoms with Gasteiger partial charge in [0.2, 0.25) is 0 Å². The first-order valence-electron chi connectivity index (χ1n) is 6.86. The molecule has 0 aliphatic carbocycles. The molecule has 2 rings (SSSR count). The molecule has 0 spiro atoms. The Bertz CT molecular complexity index is 748. The zero-order valence-corrected chi connectivity index (χ0v) is 13.9. The number of benzene rings is 1. The minimum absolute atomic E-state index is 0.0298. The van der Waals surface area contributed by atoms with Gasteiger partial charge in [0.1, 0.15) is 5.02 Å². The fraction of sp³-hybridized carbons (Fsp3) is 0.200. The maximum absolute atomic E-state index is 11.7. The van der Waals surface area contributed by atoms with Gasteiger partial charge in [0.05, 0.1) is 4.92 Å². The zero-order valence-electron chi connectivity index (χ0n) is 12.4. The molecular formula is C15H13ClN2O5S. The smallest absolute Gasteiger partial charge is 0.306 e. The minimum Gasteiger partial charge on any atom is -0.456 e. The van der Waals surface area contributed by atoms with E-state index in [1.54, 1.807) is 11.3 Å². The molecule has 0 fully saturated rings. The Morgan fingerprint density at radius 2 is 2.12 bits per heavy atom. The lowest BCUT2D eigenvalue weighted by Gasteiger charge is -2.07. The maximum Gasteiger partial charge on any atom is 0.306 e. The number of nitrogens with one attached hydrogen (secondary N) is 1. The molecule has 0 unspecified atom stereocenters. The fourth-order valence-electron chi connectivity index (χ4n) is 1.83. The summed E-state index contributed by atoms with van der Waals surface area (Å²) in [5.41, 5.74) is 0.919. The van der Waals surface area contributed by atoms with Gasteiger partial charge in [-0.05, 0) is 40.9 Å². The summed E-state index contributed by atoms with van der Waals surface area (Å²) in [6, 6.07) is 5.78. The highest BCUT2D eigenvalue weighted by Crippen LogP contribution is 2.27. The van der Waals surface area contributed by atoms with Crippen LogP contribution in [0.15, 0.2) is 35.0 Å². The van der Waals surface area contributed by atoms with E-state index in [1.165, 1.54) is 12.1 Å². The van der Waals surface area contributed by atoms with Crippen molar-refractivity contribution in [1.29, 1.82) is 0 Å². The van der Waals surface area contributed by atoms with Crippen LogP contribution in [0, 0.1) is 10.1 Å². The molecule has 1 aromatic heterocycles. The number of thiophene rings is 1. The van der Waals surface area contributed by atoms with Crippen LogP contribution in [0.2, 0.25) is 5.02 Å². The van der Waals surface area contributed by atoms with Crippen molar-refractivity contribution in [3.63, 3.8) is 0 Å². The van der Waals surface area contributed by atoms with E-state index in [1.807, 2.05) is 16.8 Å². The monoisotopic (exact) mass is 368 g/mol. The first kappa shape index (κ1) is 17.9. The third-order valence-electron chi connectivity index (χ3n) is 2.99. The highest BCUT2D eigenvalue weighted by molar-refractivity contribution is 7.07. The van der Waals surface area contributed by atoms with Gasteiger partial charge in [-0.25, -0.2) is 0 Å². The molecule has 24 heavy (non-hydrogen) atoms. The van der Waals surface area contributed by atoms with Crippen LogP contribution >= 0.6 is 22.9 Å². The van der Waals surface area contributed by atoms with Gasteiger partial charge in [-0.1, -0.05) is 11.6 Å². The Labute approximate surface area is 146 Å². The largest absolute Gasteiger partial charge is 0.456 e. The molecule has 126 valence electrons. The second-order valence-electron chi connectivity index (χ2n) is 4.76. The molecule has 1 amide bonds. The van der Waals surface area contributed by atoms with Gasteiger partial charge in [-0.3, -0.25) is 19.7 Å². The molecule has 1 aromatic carbocycles. The molecule has 0 bridgehead atoms. The molecule has 0 aliphatic heterocycles. The van der Waals surface area contributed by atoms with Crippen molar-refractivity contribution in [2.75, 3.05) is 11.9 Å². The van der Waals surface area contributed by atoms with E-state index in [2.05, 4.69) is 5.32 Å². The van der Waals surface area contributed by atoms with Crippen LogP contribution in [0.25, 0.3) is 0 Å². The summed E-state index contributed by atoms with van der Waals surface area (Å²) >= 11 is 7.23. The van der Waals surface area contributed by atoms with E-state index in [9.17, 15) is 19.7 Å². The van der Waals surface area contributed by atoms with Crippen LogP contribution in [0.3, 0.4) is 0 Å². The third-order valence-corrected chi connectivity index (χ3v) is 4.04. The Kier molecular flexibility index (Phi) is 6.28. The number of halogens is 1. The third kappa shape index (κ3) is 5.32. The van der Waals surface area contributed by atoms with E-state index in [0.29, 0.717) is 6.42 Å². The maximum atomic E-state index is 11.7. The van der Waals surface area contributed by atoms with Crippen molar-refractivity contribution in [2.45, 2.75) is 12.8 Å². The van der Waals surface area contributed by atoms with E-state index in [4.69, 9.17) is 16.3 Å². The Morgan fingerprint density at radius 1 is 1.33 bits per heavy atom. The van der Waals surface area contributed by atoms with Crippen molar-refractivity contribution >= 4 is 46.2 Å². The summed E-state index contributed by atoms with van der Waals surface area (Å²) in [4.78, 5) is 33.4. The molecule has 7 nitrogen and oxygen atoms in total. The van der Waals surface area contributed by atoms with Crippen molar-refractivity contribution in [3.05, 3.63) is 55.7 Å².